The highest BCUT2D eigenvalue weighted by Crippen LogP contribution is 2.37. The molecule has 0 aliphatic carbocycles. The van der Waals surface area contributed by atoms with Crippen molar-refractivity contribution in [2.24, 2.45) is 0 Å². The maximum Gasteiger partial charge on any atom is 0.322 e. The monoisotopic (exact) mass is 324 g/mol. The number of carbonyl (C=O) groups is 2. The first-order valence-electron chi connectivity index (χ1n) is 7.00. The molecule has 6 nitrogen and oxygen atoms in total. The Morgan fingerprint density at radius 3 is 2.64 bits per heavy atom. The largest absolute Gasteiger partial charge is 0.484 e. The second-order valence-corrected chi connectivity index (χ2v) is 7.41. The summed E-state index contributed by atoms with van der Waals surface area (Å²) in [6.07, 6.45) is 0. The molecule has 2 atom stereocenters. The van der Waals surface area contributed by atoms with Gasteiger partial charge in [-0.25, -0.2) is 0 Å². The molecule has 1 aliphatic heterocycles. The average Bonchev–Trinajstić information content (AvgIpc) is 2.79. The predicted molar refractivity (Wildman–Crippen MR) is 85.0 cm³/mol. The molecule has 1 fully saturated rings. The molecule has 3 N–H and O–H groups in total. The van der Waals surface area contributed by atoms with Crippen molar-refractivity contribution in [3.63, 3.8) is 0 Å². The zero-order valence-electron chi connectivity index (χ0n) is 12.5. The Kier molecular flexibility index (Phi) is 5.31. The first-order valence-corrected chi connectivity index (χ1v) is 7.87. The summed E-state index contributed by atoms with van der Waals surface area (Å²) in [4.78, 5) is 22.9. The number of rotatable bonds is 6. The fourth-order valence-corrected chi connectivity index (χ4v) is 3.66. The van der Waals surface area contributed by atoms with Crippen LogP contribution in [0.25, 0.3) is 0 Å². The molecular formula is C15H20N2O4S. The van der Waals surface area contributed by atoms with E-state index >= 15 is 0 Å². The third-order valence-corrected chi connectivity index (χ3v) is 4.77. The quantitative estimate of drug-likeness (QED) is 0.726. The minimum Gasteiger partial charge on any atom is -0.484 e. The van der Waals surface area contributed by atoms with Gasteiger partial charge in [-0.3, -0.25) is 14.9 Å². The number of thioether (sulfide) groups is 1. The number of para-hydroxylation sites is 1. The number of benzene rings is 1. The number of amides is 1. The van der Waals surface area contributed by atoms with E-state index in [2.05, 4.69) is 10.6 Å². The summed E-state index contributed by atoms with van der Waals surface area (Å²) < 4.78 is 4.93. The first kappa shape index (κ1) is 16.6. The smallest absolute Gasteiger partial charge is 0.322 e. The van der Waals surface area contributed by atoms with E-state index in [1.807, 2.05) is 32.0 Å². The first-order chi connectivity index (χ1) is 10.4. The number of carboxylic acids is 1. The van der Waals surface area contributed by atoms with Crippen LogP contribution in [0.4, 0.5) is 0 Å². The topological polar surface area (TPSA) is 87.7 Å². The van der Waals surface area contributed by atoms with Crippen LogP contribution in [-0.2, 0) is 9.59 Å². The Hall–Kier alpha value is -1.73. The summed E-state index contributed by atoms with van der Waals surface area (Å²) in [5.41, 5.74) is 0. The van der Waals surface area contributed by atoms with Crippen LogP contribution in [-0.4, -0.2) is 46.3 Å². The molecule has 1 heterocycles. The van der Waals surface area contributed by atoms with Gasteiger partial charge in [0, 0.05) is 11.3 Å². The van der Waals surface area contributed by atoms with Gasteiger partial charge in [0.15, 0.2) is 6.61 Å². The lowest BCUT2D eigenvalue weighted by Gasteiger charge is -2.20. The van der Waals surface area contributed by atoms with Gasteiger partial charge in [0.25, 0.3) is 5.91 Å². The van der Waals surface area contributed by atoms with E-state index in [1.54, 1.807) is 12.1 Å². The van der Waals surface area contributed by atoms with Crippen molar-refractivity contribution < 1.29 is 19.4 Å². The lowest BCUT2D eigenvalue weighted by molar-refractivity contribution is -0.139. The number of carbonyl (C=O) groups excluding carboxylic acids is 1. The van der Waals surface area contributed by atoms with Crippen molar-refractivity contribution in [2.75, 3.05) is 13.2 Å². The zero-order valence-corrected chi connectivity index (χ0v) is 13.4. The SMILES string of the molecule is CC1(C)SC(CNC(=O)COc2ccccc2)NC1C(=O)O. The number of aliphatic carboxylic acids is 1. The molecule has 0 saturated carbocycles. The van der Waals surface area contributed by atoms with E-state index in [0.717, 1.165) is 0 Å². The van der Waals surface area contributed by atoms with Crippen molar-refractivity contribution >= 4 is 23.6 Å². The van der Waals surface area contributed by atoms with Crippen molar-refractivity contribution in [1.82, 2.24) is 10.6 Å². The third-order valence-electron chi connectivity index (χ3n) is 3.34. The standard InChI is InChI=1S/C15H20N2O4S/c1-15(2)13(14(19)20)17-12(22-15)8-16-11(18)9-21-10-6-4-3-5-7-10/h3-7,12-13,17H,8-9H2,1-2H3,(H,16,18)(H,19,20). The molecule has 1 aromatic rings. The molecule has 22 heavy (non-hydrogen) atoms. The Morgan fingerprint density at radius 2 is 2.05 bits per heavy atom. The van der Waals surface area contributed by atoms with Crippen LogP contribution in [0.2, 0.25) is 0 Å². The van der Waals surface area contributed by atoms with Crippen LogP contribution in [0, 0.1) is 0 Å². The van der Waals surface area contributed by atoms with Crippen molar-refractivity contribution in [2.45, 2.75) is 30.0 Å². The highest BCUT2D eigenvalue weighted by atomic mass is 32.2. The van der Waals surface area contributed by atoms with Crippen LogP contribution in [0.1, 0.15) is 13.8 Å². The number of carboxylic acid groups (broad SMARTS) is 1. The summed E-state index contributed by atoms with van der Waals surface area (Å²) in [6.45, 7) is 4.05. The molecule has 1 aliphatic rings. The van der Waals surface area contributed by atoms with Gasteiger partial charge < -0.3 is 15.2 Å². The lowest BCUT2D eigenvalue weighted by atomic mass is 10.0. The van der Waals surface area contributed by atoms with Gasteiger partial charge >= 0.3 is 5.97 Å². The molecular weight excluding hydrogens is 304 g/mol. The summed E-state index contributed by atoms with van der Waals surface area (Å²) in [6, 6.07) is 8.47. The maximum absolute atomic E-state index is 11.8. The Bertz CT molecular complexity index is 536. The molecule has 2 unspecified atom stereocenters. The molecule has 1 aromatic carbocycles. The molecule has 7 heteroatoms. The molecule has 120 valence electrons. The van der Waals surface area contributed by atoms with Gasteiger partial charge in [0.2, 0.25) is 0 Å². The Balaban J connectivity index is 1.74. The minimum absolute atomic E-state index is 0.0623. The van der Waals surface area contributed by atoms with E-state index in [9.17, 15) is 14.7 Å². The summed E-state index contributed by atoms with van der Waals surface area (Å²) in [5.74, 6) is -0.473. The van der Waals surface area contributed by atoms with E-state index in [4.69, 9.17) is 4.74 Å². The zero-order chi connectivity index (χ0) is 16.2. The van der Waals surface area contributed by atoms with E-state index in [0.29, 0.717) is 12.3 Å². The molecule has 0 aromatic heterocycles. The van der Waals surface area contributed by atoms with Gasteiger partial charge in [-0.05, 0) is 26.0 Å². The average molecular weight is 324 g/mol. The van der Waals surface area contributed by atoms with Gasteiger partial charge in [-0.2, -0.15) is 0 Å². The van der Waals surface area contributed by atoms with Gasteiger partial charge in [-0.1, -0.05) is 18.2 Å². The van der Waals surface area contributed by atoms with Crippen molar-refractivity contribution in [1.29, 1.82) is 0 Å². The summed E-state index contributed by atoms with van der Waals surface area (Å²) in [7, 11) is 0. The van der Waals surface area contributed by atoms with Gasteiger partial charge in [0.1, 0.15) is 11.8 Å². The van der Waals surface area contributed by atoms with Crippen LogP contribution in [0.15, 0.2) is 30.3 Å². The molecule has 0 spiro atoms. The maximum atomic E-state index is 11.8. The van der Waals surface area contributed by atoms with Crippen LogP contribution < -0.4 is 15.4 Å². The highest BCUT2D eigenvalue weighted by Gasteiger charge is 2.45. The van der Waals surface area contributed by atoms with Crippen molar-refractivity contribution in [3.8, 4) is 5.75 Å². The second-order valence-electron chi connectivity index (χ2n) is 5.55. The Morgan fingerprint density at radius 1 is 1.36 bits per heavy atom. The normalized spacial score (nSPS) is 23.0. The van der Waals surface area contributed by atoms with E-state index in [1.165, 1.54) is 11.8 Å². The molecule has 1 amide bonds. The van der Waals surface area contributed by atoms with E-state index < -0.39 is 16.8 Å². The van der Waals surface area contributed by atoms with Gasteiger partial charge in [0.05, 0.1) is 5.37 Å². The van der Waals surface area contributed by atoms with Crippen LogP contribution >= 0.6 is 11.8 Å². The number of hydrogen-bond donors (Lipinski definition) is 3. The predicted octanol–water partition coefficient (Wildman–Crippen LogP) is 1.08. The third kappa shape index (κ3) is 4.38. The molecule has 0 radical (unpaired) electrons. The number of hydrogen-bond acceptors (Lipinski definition) is 5. The molecule has 2 rings (SSSR count). The Labute approximate surface area is 133 Å². The highest BCUT2D eigenvalue weighted by molar-refractivity contribution is 8.01. The molecule has 1 saturated heterocycles. The van der Waals surface area contributed by atoms with Gasteiger partial charge in [-0.15, -0.1) is 11.8 Å². The lowest BCUT2D eigenvalue weighted by Crippen LogP contribution is -2.46. The second kappa shape index (κ2) is 7.02. The number of nitrogens with one attached hydrogen (secondary N) is 2. The summed E-state index contributed by atoms with van der Waals surface area (Å²) >= 11 is 1.51. The van der Waals surface area contributed by atoms with Crippen LogP contribution in [0.3, 0.4) is 0 Å². The fraction of sp³-hybridized carbons (Fsp3) is 0.467. The summed E-state index contributed by atoms with van der Waals surface area (Å²) in [5, 5.41) is 14.8. The van der Waals surface area contributed by atoms with Crippen molar-refractivity contribution in [3.05, 3.63) is 30.3 Å². The van der Waals surface area contributed by atoms with Crippen LogP contribution in [0.5, 0.6) is 5.75 Å². The fourth-order valence-electron chi connectivity index (χ4n) is 2.25. The minimum atomic E-state index is -0.876. The van der Waals surface area contributed by atoms with E-state index in [-0.39, 0.29) is 17.9 Å². The number of ether oxygens (including phenoxy) is 1. The molecule has 0 bridgehead atoms.